The number of hydrogen-bond acceptors (Lipinski definition) is 6. The minimum atomic E-state index is -3.89. The van der Waals surface area contributed by atoms with Crippen LogP contribution in [0.1, 0.15) is 47.5 Å². The second-order valence-corrected chi connectivity index (χ2v) is 11.6. The van der Waals surface area contributed by atoms with Gasteiger partial charge in [-0.25, -0.2) is 17.9 Å². The number of alkyl carbamates (subject to hydrolysis) is 1. The Morgan fingerprint density at radius 3 is 2.36 bits per heavy atom. The van der Waals surface area contributed by atoms with E-state index >= 15 is 0 Å². The maximum atomic E-state index is 12.5. The van der Waals surface area contributed by atoms with Crippen molar-refractivity contribution in [3.05, 3.63) is 28.2 Å². The normalized spacial score (nSPS) is 14.0. The van der Waals surface area contributed by atoms with Gasteiger partial charge in [-0.3, -0.25) is 4.79 Å². The van der Waals surface area contributed by atoms with Gasteiger partial charge in [-0.05, 0) is 57.7 Å². The number of benzene rings is 1. The van der Waals surface area contributed by atoms with Gasteiger partial charge in [0, 0.05) is 18.1 Å². The summed E-state index contributed by atoms with van der Waals surface area (Å²) in [5.41, 5.74) is -0.706. The maximum Gasteiger partial charge on any atom is 0.408 e. The summed E-state index contributed by atoms with van der Waals surface area (Å²) >= 11 is 11.7. The second kappa shape index (κ2) is 12.8. The molecule has 2 amide bonds. The van der Waals surface area contributed by atoms with Crippen LogP contribution in [0.25, 0.3) is 0 Å². The fourth-order valence-corrected chi connectivity index (χ4v) is 4.55. The molecular weight excluding hydrogens is 493 g/mol. The lowest BCUT2D eigenvalue weighted by Gasteiger charge is -2.24. The molecule has 2 atom stereocenters. The standard InChI is InChI=1S/C21H33Cl2N3O6S/c1-13(2)10-17(26-20(29)32-21(3,4)5)19(28)24-12-15(27)8-9-25-33(30,31)18-7-6-14(22)11-16(18)23/h6-7,11,13,15,17,25,27H,8-10,12H2,1-5H3,(H,24,28)(H,26,29)/t15-,17-/m0/s1. The van der Waals surface area contributed by atoms with Gasteiger partial charge in [0.15, 0.2) is 0 Å². The van der Waals surface area contributed by atoms with Gasteiger partial charge >= 0.3 is 6.09 Å². The first kappa shape index (κ1) is 29.4. The van der Waals surface area contributed by atoms with Crippen molar-refractivity contribution in [1.82, 2.24) is 15.4 Å². The molecule has 12 heteroatoms. The lowest BCUT2D eigenvalue weighted by atomic mass is 10.0. The Bertz CT molecular complexity index is 919. The molecule has 0 aliphatic carbocycles. The summed E-state index contributed by atoms with van der Waals surface area (Å²) in [4.78, 5) is 24.5. The van der Waals surface area contributed by atoms with Gasteiger partial charge in [-0.1, -0.05) is 37.0 Å². The van der Waals surface area contributed by atoms with Gasteiger partial charge in [0.2, 0.25) is 15.9 Å². The largest absolute Gasteiger partial charge is 0.444 e. The van der Waals surface area contributed by atoms with Crippen LogP contribution in [0.3, 0.4) is 0 Å². The predicted octanol–water partition coefficient (Wildman–Crippen LogP) is 3.08. The summed E-state index contributed by atoms with van der Waals surface area (Å²) in [6.07, 6.45) is -1.31. The van der Waals surface area contributed by atoms with Crippen molar-refractivity contribution in [2.24, 2.45) is 5.92 Å². The number of nitrogens with one attached hydrogen (secondary N) is 3. The smallest absolute Gasteiger partial charge is 0.408 e. The quantitative estimate of drug-likeness (QED) is 0.350. The lowest BCUT2D eigenvalue weighted by molar-refractivity contribution is -0.124. The number of carbonyl (C=O) groups is 2. The zero-order chi connectivity index (χ0) is 25.4. The first-order valence-electron chi connectivity index (χ1n) is 10.5. The topological polar surface area (TPSA) is 134 Å². The summed E-state index contributed by atoms with van der Waals surface area (Å²) in [6, 6.07) is 3.18. The Morgan fingerprint density at radius 1 is 1.18 bits per heavy atom. The van der Waals surface area contributed by atoms with E-state index in [9.17, 15) is 23.1 Å². The molecule has 0 aliphatic rings. The van der Waals surface area contributed by atoms with Crippen LogP contribution in [-0.4, -0.2) is 56.4 Å². The fourth-order valence-electron chi connectivity index (χ4n) is 2.73. The van der Waals surface area contributed by atoms with E-state index in [0.717, 1.165) is 0 Å². The highest BCUT2D eigenvalue weighted by Crippen LogP contribution is 2.24. The number of carbonyl (C=O) groups excluding carboxylic acids is 2. The summed E-state index contributed by atoms with van der Waals surface area (Å²) < 4.78 is 32.3. The summed E-state index contributed by atoms with van der Waals surface area (Å²) in [5, 5.41) is 15.6. The van der Waals surface area contributed by atoms with E-state index in [-0.39, 0.29) is 35.3 Å². The third kappa shape index (κ3) is 11.4. The van der Waals surface area contributed by atoms with Crippen molar-refractivity contribution in [3.63, 3.8) is 0 Å². The third-order valence-electron chi connectivity index (χ3n) is 4.18. The number of ether oxygens (including phenoxy) is 1. The van der Waals surface area contributed by atoms with Crippen LogP contribution in [0.15, 0.2) is 23.1 Å². The van der Waals surface area contributed by atoms with Crippen molar-refractivity contribution in [2.75, 3.05) is 13.1 Å². The summed E-state index contributed by atoms with van der Waals surface area (Å²) in [6.45, 7) is 8.77. The molecule has 4 N–H and O–H groups in total. The molecule has 0 bridgehead atoms. The molecule has 0 heterocycles. The number of aliphatic hydroxyl groups excluding tert-OH is 1. The van der Waals surface area contributed by atoms with Crippen molar-refractivity contribution >= 4 is 45.2 Å². The minimum Gasteiger partial charge on any atom is -0.444 e. The van der Waals surface area contributed by atoms with E-state index in [0.29, 0.717) is 11.4 Å². The highest BCUT2D eigenvalue weighted by molar-refractivity contribution is 7.89. The highest BCUT2D eigenvalue weighted by Gasteiger charge is 2.25. The molecule has 1 aromatic rings. The van der Waals surface area contributed by atoms with Crippen molar-refractivity contribution < 1.29 is 27.9 Å². The van der Waals surface area contributed by atoms with Gasteiger partial charge in [0.1, 0.15) is 16.5 Å². The molecular formula is C21H33Cl2N3O6S. The molecule has 0 aliphatic heterocycles. The van der Waals surface area contributed by atoms with E-state index in [1.54, 1.807) is 20.8 Å². The molecule has 0 aromatic heterocycles. The van der Waals surface area contributed by atoms with Crippen LogP contribution in [0.5, 0.6) is 0 Å². The van der Waals surface area contributed by atoms with Crippen molar-refractivity contribution in [2.45, 2.75) is 70.1 Å². The Labute approximate surface area is 205 Å². The molecule has 1 aromatic carbocycles. The molecule has 0 saturated heterocycles. The molecule has 0 fully saturated rings. The van der Waals surface area contributed by atoms with E-state index in [4.69, 9.17) is 27.9 Å². The monoisotopic (exact) mass is 525 g/mol. The number of aliphatic hydroxyl groups is 1. The number of hydrogen-bond donors (Lipinski definition) is 4. The number of amides is 2. The van der Waals surface area contributed by atoms with Gasteiger partial charge in [0.05, 0.1) is 11.1 Å². The van der Waals surface area contributed by atoms with Gasteiger partial charge in [-0.2, -0.15) is 0 Å². The Hall–Kier alpha value is -1.59. The number of sulfonamides is 1. The van der Waals surface area contributed by atoms with Gasteiger partial charge in [-0.15, -0.1) is 0 Å². The minimum absolute atomic E-state index is 0.0171. The molecule has 0 saturated carbocycles. The summed E-state index contributed by atoms with van der Waals surface area (Å²) in [5.74, 6) is -0.350. The predicted molar refractivity (Wildman–Crippen MR) is 128 cm³/mol. The van der Waals surface area contributed by atoms with Crippen LogP contribution in [0.2, 0.25) is 10.0 Å². The third-order valence-corrected chi connectivity index (χ3v) is 6.36. The van der Waals surface area contributed by atoms with Crippen LogP contribution in [0.4, 0.5) is 4.79 Å². The van der Waals surface area contributed by atoms with Crippen LogP contribution >= 0.6 is 23.2 Å². The average molecular weight is 526 g/mol. The van der Waals surface area contributed by atoms with E-state index in [1.165, 1.54) is 18.2 Å². The molecule has 33 heavy (non-hydrogen) atoms. The molecule has 0 unspecified atom stereocenters. The zero-order valence-electron chi connectivity index (χ0n) is 19.4. The Morgan fingerprint density at radius 2 is 1.82 bits per heavy atom. The molecule has 0 radical (unpaired) electrons. The average Bonchev–Trinajstić information content (AvgIpc) is 2.63. The highest BCUT2D eigenvalue weighted by atomic mass is 35.5. The maximum absolute atomic E-state index is 12.5. The molecule has 9 nitrogen and oxygen atoms in total. The number of rotatable bonds is 11. The summed E-state index contributed by atoms with van der Waals surface area (Å²) in [7, 11) is -3.89. The SMILES string of the molecule is CC(C)C[C@H](NC(=O)OC(C)(C)C)C(=O)NC[C@@H](O)CCNS(=O)(=O)c1ccc(Cl)cc1Cl. The lowest BCUT2D eigenvalue weighted by Crippen LogP contribution is -2.50. The second-order valence-electron chi connectivity index (χ2n) is 8.99. The molecule has 188 valence electrons. The first-order valence-corrected chi connectivity index (χ1v) is 12.7. The Balaban J connectivity index is 2.56. The van der Waals surface area contributed by atoms with Gasteiger partial charge in [0.25, 0.3) is 0 Å². The number of halogens is 2. The van der Waals surface area contributed by atoms with E-state index in [2.05, 4.69) is 15.4 Å². The zero-order valence-corrected chi connectivity index (χ0v) is 21.8. The van der Waals surface area contributed by atoms with Crippen LogP contribution < -0.4 is 15.4 Å². The van der Waals surface area contributed by atoms with Gasteiger partial charge < -0.3 is 20.5 Å². The fraction of sp³-hybridized carbons (Fsp3) is 0.619. The molecule has 1 rings (SSSR count). The van der Waals surface area contributed by atoms with E-state index < -0.39 is 39.8 Å². The van der Waals surface area contributed by atoms with Crippen LogP contribution in [0, 0.1) is 5.92 Å². The van der Waals surface area contributed by atoms with Crippen molar-refractivity contribution in [1.29, 1.82) is 0 Å². The van der Waals surface area contributed by atoms with Crippen molar-refractivity contribution in [3.8, 4) is 0 Å². The Kier molecular flexibility index (Phi) is 11.4. The molecule has 0 spiro atoms. The first-order chi connectivity index (χ1) is 15.1. The van der Waals surface area contributed by atoms with E-state index in [1.807, 2.05) is 13.8 Å². The van der Waals surface area contributed by atoms with Crippen LogP contribution in [-0.2, 0) is 19.6 Å².